The molecule has 14 heteroatoms. The molecule has 240 valence electrons. The monoisotopic (exact) mass is 614 g/mol. The third kappa shape index (κ3) is 8.81. The number of ether oxygens (including phenoxy) is 2. The molecule has 0 aliphatic carbocycles. The first-order valence-corrected chi connectivity index (χ1v) is 14.4. The van der Waals surface area contributed by atoms with E-state index in [-0.39, 0.29) is 49.4 Å². The molecule has 0 spiro atoms. The highest BCUT2D eigenvalue weighted by Crippen LogP contribution is 2.27. The lowest BCUT2D eigenvalue weighted by molar-refractivity contribution is -0.143. The molecular weight excluding hydrogens is 571 g/mol. The number of carbonyl (C=O) groups excluding carboxylic acids is 3. The van der Waals surface area contributed by atoms with Crippen LogP contribution in [0.4, 0.5) is 16.0 Å². The lowest BCUT2D eigenvalue weighted by Crippen LogP contribution is -2.47. The molecule has 3 aromatic heterocycles. The van der Waals surface area contributed by atoms with Crippen molar-refractivity contribution in [3.8, 4) is 0 Å². The van der Waals surface area contributed by atoms with Crippen molar-refractivity contribution >= 4 is 40.1 Å². The molecule has 1 saturated heterocycles. The van der Waals surface area contributed by atoms with E-state index >= 15 is 0 Å². The Labute approximate surface area is 257 Å². The maximum atomic E-state index is 14.6. The fourth-order valence-corrected chi connectivity index (χ4v) is 4.96. The zero-order valence-electron chi connectivity index (χ0n) is 25.0. The Hall–Kier alpha value is -4.40. The number of H-pyrrole nitrogens is 1. The molecule has 0 aromatic carbocycles. The molecule has 3 aromatic rings. The fraction of sp³-hybridized carbons (Fsp3) is 0.433. The highest BCUT2D eigenvalue weighted by atomic mass is 19.1. The molecule has 0 radical (unpaired) electrons. The van der Waals surface area contributed by atoms with E-state index in [2.05, 4.69) is 30.1 Å². The van der Waals surface area contributed by atoms with Gasteiger partial charge in [-0.3, -0.25) is 19.3 Å². The summed E-state index contributed by atoms with van der Waals surface area (Å²) in [4.78, 5) is 52.9. The molecule has 0 saturated carbocycles. The number of fused-ring (bicyclic) bond motifs is 1. The highest BCUT2D eigenvalue weighted by Gasteiger charge is 2.23. The van der Waals surface area contributed by atoms with Crippen LogP contribution in [0.2, 0.25) is 0 Å². The normalized spacial score (nSPS) is 13.6. The van der Waals surface area contributed by atoms with Gasteiger partial charge in [0.2, 0.25) is 0 Å². The van der Waals surface area contributed by atoms with E-state index in [4.69, 9.17) is 15.2 Å². The summed E-state index contributed by atoms with van der Waals surface area (Å²) in [5, 5.41) is 2.98. The van der Waals surface area contributed by atoms with Crippen molar-refractivity contribution in [1.29, 1.82) is 0 Å². The zero-order valence-corrected chi connectivity index (χ0v) is 25.0. The van der Waals surface area contributed by atoms with Crippen molar-refractivity contribution in [1.82, 2.24) is 26.0 Å². The van der Waals surface area contributed by atoms with E-state index in [1.165, 1.54) is 18.6 Å². The second-order valence-corrected chi connectivity index (χ2v) is 10.1. The summed E-state index contributed by atoms with van der Waals surface area (Å²) in [5.74, 6) is -0.120. The number of halogens is 1. The number of unbranched alkanes of at least 4 members (excludes halogenated alkanes) is 2. The van der Waals surface area contributed by atoms with Gasteiger partial charge in [0.15, 0.2) is 23.2 Å². The van der Waals surface area contributed by atoms with Gasteiger partial charge in [0.05, 0.1) is 36.0 Å². The average molecular weight is 615 g/mol. The summed E-state index contributed by atoms with van der Waals surface area (Å²) >= 11 is 0. The highest BCUT2D eigenvalue weighted by molar-refractivity contribution is 6.10. The summed E-state index contributed by atoms with van der Waals surface area (Å²) in [7, 11) is 0. The third-order valence-electron chi connectivity index (χ3n) is 7.14. The van der Waals surface area contributed by atoms with Crippen LogP contribution >= 0.6 is 0 Å². The van der Waals surface area contributed by atoms with Crippen molar-refractivity contribution < 1.29 is 29.7 Å². The summed E-state index contributed by atoms with van der Waals surface area (Å²) < 4.78 is 25.2. The summed E-state index contributed by atoms with van der Waals surface area (Å²) in [6, 6.07) is 3.57. The molecule has 0 unspecified atom stereocenters. The summed E-state index contributed by atoms with van der Waals surface area (Å²) in [6.07, 6.45) is 9.86. The van der Waals surface area contributed by atoms with Crippen LogP contribution in [0.5, 0.6) is 0 Å². The van der Waals surface area contributed by atoms with Crippen molar-refractivity contribution in [3.05, 3.63) is 60.1 Å². The van der Waals surface area contributed by atoms with Gasteiger partial charge in [0, 0.05) is 70.8 Å². The van der Waals surface area contributed by atoms with E-state index in [9.17, 15) is 18.8 Å². The molecule has 1 fully saturated rings. The molecular formula is C30H43FN8O5. The molecule has 7 N–H and O–H groups in total. The van der Waals surface area contributed by atoms with Gasteiger partial charge in [0.1, 0.15) is 12.4 Å². The number of pyridine rings is 2. The molecule has 4 heterocycles. The SMILES string of the molecule is CCOC(=O)CCCCCC(=O)c1cccnc1N1CCN(COCC(=O)c2c[nH]c3c(N/C=C\N)ncc(F)c23)CC1.N.[HH]. The number of rotatable bonds is 16. The first kappa shape index (κ1) is 34.1. The minimum Gasteiger partial charge on any atom is -0.466 e. The van der Waals surface area contributed by atoms with Crippen LogP contribution in [0.3, 0.4) is 0 Å². The number of hydrogen-bond donors (Lipinski definition) is 4. The Kier molecular flexibility index (Phi) is 13.2. The molecule has 13 nitrogen and oxygen atoms in total. The Morgan fingerprint density at radius 3 is 2.64 bits per heavy atom. The molecule has 1 aliphatic rings. The smallest absolute Gasteiger partial charge is 0.305 e. The first-order valence-electron chi connectivity index (χ1n) is 14.4. The molecule has 4 rings (SSSR count). The van der Waals surface area contributed by atoms with E-state index in [1.807, 2.05) is 6.07 Å². The second kappa shape index (κ2) is 17.0. The van der Waals surface area contributed by atoms with Gasteiger partial charge in [-0.2, -0.15) is 0 Å². The van der Waals surface area contributed by atoms with E-state index in [0.717, 1.165) is 12.6 Å². The predicted octanol–water partition coefficient (Wildman–Crippen LogP) is 4.02. The third-order valence-corrected chi connectivity index (χ3v) is 7.14. The minimum absolute atomic E-state index is 0. The Morgan fingerprint density at radius 1 is 1.11 bits per heavy atom. The van der Waals surface area contributed by atoms with Crippen molar-refractivity contribution in [2.24, 2.45) is 5.73 Å². The van der Waals surface area contributed by atoms with Crippen molar-refractivity contribution in [2.75, 3.05) is 56.3 Å². The lowest BCUT2D eigenvalue weighted by atomic mass is 10.0. The molecule has 44 heavy (non-hydrogen) atoms. The van der Waals surface area contributed by atoms with Crippen LogP contribution in [0.25, 0.3) is 10.9 Å². The molecule has 0 amide bonds. The maximum Gasteiger partial charge on any atom is 0.305 e. The summed E-state index contributed by atoms with van der Waals surface area (Å²) in [6.45, 7) is 4.78. The number of carbonyl (C=O) groups is 3. The Balaban J connectivity index is 0.00000353. The largest absolute Gasteiger partial charge is 0.466 e. The number of anilines is 2. The van der Waals surface area contributed by atoms with Crippen molar-refractivity contribution in [3.63, 3.8) is 0 Å². The Bertz CT molecular complexity index is 1440. The number of piperazine rings is 1. The van der Waals surface area contributed by atoms with Gasteiger partial charge in [-0.05, 0) is 31.9 Å². The second-order valence-electron chi connectivity index (χ2n) is 10.1. The van der Waals surface area contributed by atoms with Crippen LogP contribution in [0.1, 0.15) is 61.2 Å². The van der Waals surface area contributed by atoms with Crippen molar-refractivity contribution in [2.45, 2.75) is 39.0 Å². The number of aromatic amines is 1. The van der Waals surface area contributed by atoms with Gasteiger partial charge in [-0.25, -0.2) is 14.4 Å². The van der Waals surface area contributed by atoms with Gasteiger partial charge < -0.3 is 36.6 Å². The van der Waals surface area contributed by atoms with Crippen LogP contribution < -0.4 is 22.1 Å². The standard InChI is InChI=1S/C30H38FN7O5.H3N.H2/c1-2-43-26(41)9-5-3-4-8-24(39)21-7-6-11-34-30(21)38-15-13-37(14-16-38)20-42-19-25(40)22-17-35-28-27(22)23(31)18-36-29(28)33-12-10-32;;/h6-7,10-12,17-18,35H,2-5,8-9,13-16,19-20,32H2,1H3,(H,33,36);1H3;1H/b12-10-;;. The van der Waals surface area contributed by atoms with Crippen LogP contribution in [-0.2, 0) is 14.3 Å². The van der Waals surface area contributed by atoms with Crippen LogP contribution in [-0.4, -0.2) is 83.5 Å². The molecule has 0 bridgehead atoms. The lowest BCUT2D eigenvalue weighted by Gasteiger charge is -2.35. The maximum absolute atomic E-state index is 14.6. The Morgan fingerprint density at radius 2 is 1.89 bits per heavy atom. The average Bonchev–Trinajstić information content (AvgIpc) is 3.48. The van der Waals surface area contributed by atoms with E-state index in [0.29, 0.717) is 81.2 Å². The number of nitrogens with one attached hydrogen (secondary N) is 2. The molecule has 0 atom stereocenters. The number of nitrogens with zero attached hydrogens (tertiary/aromatic N) is 4. The van der Waals surface area contributed by atoms with E-state index < -0.39 is 5.82 Å². The van der Waals surface area contributed by atoms with Gasteiger partial charge in [-0.1, -0.05) is 6.42 Å². The quantitative estimate of drug-likeness (QED) is 0.103. The van der Waals surface area contributed by atoms with Crippen LogP contribution in [0.15, 0.2) is 43.1 Å². The number of Topliss-reactive ketones (excluding diaryl/α,β-unsaturated/α-hetero) is 2. The molecule has 1 aliphatic heterocycles. The van der Waals surface area contributed by atoms with Gasteiger partial charge >= 0.3 is 5.97 Å². The summed E-state index contributed by atoms with van der Waals surface area (Å²) in [5.41, 5.74) is 6.50. The van der Waals surface area contributed by atoms with Gasteiger partial charge in [0.25, 0.3) is 0 Å². The van der Waals surface area contributed by atoms with E-state index in [1.54, 1.807) is 19.2 Å². The van der Waals surface area contributed by atoms with Crippen LogP contribution in [0, 0.1) is 5.82 Å². The fourth-order valence-electron chi connectivity index (χ4n) is 4.96. The zero-order chi connectivity index (χ0) is 30.6. The number of aromatic nitrogens is 3. The number of nitrogens with two attached hydrogens (primary N) is 1. The number of ketones is 2. The minimum atomic E-state index is -0.612. The van der Waals surface area contributed by atoms with Gasteiger partial charge in [-0.15, -0.1) is 0 Å². The topological polar surface area (TPSA) is 191 Å². The predicted molar refractivity (Wildman–Crippen MR) is 167 cm³/mol. The first-order chi connectivity index (χ1) is 20.9. The number of esters is 1. The number of hydrogen-bond acceptors (Lipinski definition) is 12.